The van der Waals surface area contributed by atoms with E-state index in [1.807, 2.05) is 23.9 Å². The van der Waals surface area contributed by atoms with Gasteiger partial charge in [0.25, 0.3) is 0 Å². The summed E-state index contributed by atoms with van der Waals surface area (Å²) in [5.74, 6) is 1.21. The Bertz CT molecular complexity index is 790. The van der Waals surface area contributed by atoms with Crippen LogP contribution in [-0.2, 0) is 19.3 Å². The van der Waals surface area contributed by atoms with Crippen molar-refractivity contribution in [3.05, 3.63) is 40.3 Å². The molecule has 0 atom stereocenters. The summed E-state index contributed by atoms with van der Waals surface area (Å²) in [7, 11) is 1.95. The largest absolute Gasteiger partial charge is 0.280 e. The van der Waals surface area contributed by atoms with E-state index in [0.717, 1.165) is 45.7 Å². The van der Waals surface area contributed by atoms with Crippen LogP contribution in [0.25, 0.3) is 16.9 Å². The number of hydrogen-bond acceptors (Lipinski definition) is 2. The van der Waals surface area contributed by atoms with Crippen LogP contribution >= 0.6 is 27.5 Å². The molecular formula is C15H16BrClN4. The van der Waals surface area contributed by atoms with Crippen LogP contribution in [0.3, 0.4) is 0 Å². The van der Waals surface area contributed by atoms with Gasteiger partial charge in [-0.05, 0) is 24.6 Å². The molecule has 1 aromatic carbocycles. The molecule has 110 valence electrons. The van der Waals surface area contributed by atoms with Gasteiger partial charge in [0, 0.05) is 17.2 Å². The van der Waals surface area contributed by atoms with Crippen LogP contribution in [0, 0.1) is 0 Å². The number of alkyl halides is 1. The van der Waals surface area contributed by atoms with E-state index < -0.39 is 0 Å². The number of rotatable bonds is 4. The van der Waals surface area contributed by atoms with E-state index in [2.05, 4.69) is 44.7 Å². The molecule has 0 fully saturated rings. The highest BCUT2D eigenvalue weighted by Gasteiger charge is 2.19. The van der Waals surface area contributed by atoms with Crippen LogP contribution in [0.1, 0.15) is 24.9 Å². The summed E-state index contributed by atoms with van der Waals surface area (Å²) in [6.07, 6.45) is 1.97. The molecule has 0 aliphatic carbocycles. The van der Waals surface area contributed by atoms with Crippen LogP contribution in [0.5, 0.6) is 0 Å². The van der Waals surface area contributed by atoms with E-state index in [1.165, 1.54) is 0 Å². The molecule has 4 nitrogen and oxygen atoms in total. The average molecular weight is 368 g/mol. The lowest BCUT2D eigenvalue weighted by Crippen LogP contribution is -2.04. The second kappa shape index (κ2) is 5.81. The zero-order valence-corrected chi connectivity index (χ0v) is 14.3. The van der Waals surface area contributed by atoms with Gasteiger partial charge in [0.2, 0.25) is 0 Å². The Morgan fingerprint density at radius 2 is 2.14 bits per heavy atom. The Kier molecular flexibility index (Phi) is 4.04. The van der Waals surface area contributed by atoms with Crippen LogP contribution in [0.2, 0.25) is 0 Å². The summed E-state index contributed by atoms with van der Waals surface area (Å²) in [6, 6.07) is 8.12. The number of benzene rings is 1. The Labute approximate surface area is 136 Å². The lowest BCUT2D eigenvalue weighted by Gasteiger charge is -2.08. The van der Waals surface area contributed by atoms with Crippen molar-refractivity contribution in [1.82, 2.24) is 19.3 Å². The second-order valence-corrected chi connectivity index (χ2v) is 6.15. The molecule has 0 bridgehead atoms. The molecule has 2 aromatic heterocycles. The number of halogens is 2. The van der Waals surface area contributed by atoms with E-state index in [4.69, 9.17) is 16.6 Å². The molecule has 3 aromatic rings. The smallest absolute Gasteiger partial charge is 0.163 e. The van der Waals surface area contributed by atoms with E-state index in [-0.39, 0.29) is 0 Å². The molecule has 0 saturated heterocycles. The van der Waals surface area contributed by atoms with Gasteiger partial charge in [0.05, 0.1) is 11.6 Å². The molecule has 0 aliphatic rings. The van der Waals surface area contributed by atoms with Crippen molar-refractivity contribution in [1.29, 1.82) is 0 Å². The summed E-state index contributed by atoms with van der Waals surface area (Å²) < 4.78 is 5.00. The molecule has 2 heterocycles. The molecule has 0 aliphatic heterocycles. The standard InChI is InChI=1S/C15H16BrClN4/c1-3-5-12-14-15(20(2)19-12)21(13(9-17)18-14)11-7-4-6-10(16)8-11/h4,6-8H,3,5,9H2,1-2H3. The van der Waals surface area contributed by atoms with E-state index >= 15 is 0 Å². The van der Waals surface area contributed by atoms with Gasteiger partial charge in [-0.2, -0.15) is 5.10 Å². The second-order valence-electron chi connectivity index (χ2n) is 4.97. The Hall–Kier alpha value is -1.33. The first-order valence-electron chi connectivity index (χ1n) is 6.90. The number of imidazole rings is 1. The first-order valence-corrected chi connectivity index (χ1v) is 8.23. The summed E-state index contributed by atoms with van der Waals surface area (Å²) >= 11 is 9.62. The molecule has 0 radical (unpaired) electrons. The van der Waals surface area contributed by atoms with Crippen molar-refractivity contribution in [2.75, 3.05) is 0 Å². The van der Waals surface area contributed by atoms with Crippen molar-refractivity contribution < 1.29 is 0 Å². The van der Waals surface area contributed by atoms with E-state index in [9.17, 15) is 0 Å². The van der Waals surface area contributed by atoms with Crippen molar-refractivity contribution >= 4 is 38.7 Å². The fraction of sp³-hybridized carbons (Fsp3) is 0.333. The first-order chi connectivity index (χ1) is 10.2. The third-order valence-electron chi connectivity index (χ3n) is 3.45. The monoisotopic (exact) mass is 366 g/mol. The number of hydrogen-bond donors (Lipinski definition) is 0. The minimum atomic E-state index is 0.368. The highest BCUT2D eigenvalue weighted by atomic mass is 79.9. The van der Waals surface area contributed by atoms with Crippen LogP contribution in [0.4, 0.5) is 0 Å². The minimum absolute atomic E-state index is 0.368. The van der Waals surface area contributed by atoms with Gasteiger partial charge in [0.15, 0.2) is 5.65 Å². The SMILES string of the molecule is CCCc1nn(C)c2c1nc(CCl)n2-c1cccc(Br)c1. The Morgan fingerprint density at radius 3 is 2.81 bits per heavy atom. The fourth-order valence-corrected chi connectivity index (χ4v) is 3.17. The molecular weight excluding hydrogens is 352 g/mol. The van der Waals surface area contributed by atoms with Gasteiger partial charge >= 0.3 is 0 Å². The highest BCUT2D eigenvalue weighted by molar-refractivity contribution is 9.10. The van der Waals surface area contributed by atoms with Crippen molar-refractivity contribution in [2.45, 2.75) is 25.6 Å². The maximum absolute atomic E-state index is 6.11. The highest BCUT2D eigenvalue weighted by Crippen LogP contribution is 2.26. The van der Waals surface area contributed by atoms with Crippen molar-refractivity contribution in [2.24, 2.45) is 7.05 Å². The molecule has 6 heteroatoms. The molecule has 21 heavy (non-hydrogen) atoms. The summed E-state index contributed by atoms with van der Waals surface area (Å²) in [5, 5.41) is 4.60. The molecule has 0 spiro atoms. The van der Waals surface area contributed by atoms with Crippen molar-refractivity contribution in [3.8, 4) is 5.69 Å². The van der Waals surface area contributed by atoms with Gasteiger partial charge in [-0.3, -0.25) is 4.57 Å². The summed E-state index contributed by atoms with van der Waals surface area (Å²) in [4.78, 5) is 4.71. The quantitative estimate of drug-likeness (QED) is 0.647. The minimum Gasteiger partial charge on any atom is -0.280 e. The fourth-order valence-electron chi connectivity index (χ4n) is 2.61. The normalized spacial score (nSPS) is 11.4. The molecule has 0 saturated carbocycles. The van der Waals surface area contributed by atoms with Gasteiger partial charge < -0.3 is 0 Å². The van der Waals surface area contributed by atoms with Crippen LogP contribution in [0.15, 0.2) is 28.7 Å². The van der Waals surface area contributed by atoms with Crippen molar-refractivity contribution in [3.63, 3.8) is 0 Å². The van der Waals surface area contributed by atoms with E-state index in [0.29, 0.717) is 5.88 Å². The third kappa shape index (κ3) is 2.49. The topological polar surface area (TPSA) is 35.6 Å². The zero-order valence-electron chi connectivity index (χ0n) is 12.0. The average Bonchev–Trinajstić information content (AvgIpc) is 2.98. The third-order valence-corrected chi connectivity index (χ3v) is 4.18. The number of nitrogens with zero attached hydrogens (tertiary/aromatic N) is 4. The predicted molar refractivity (Wildman–Crippen MR) is 89.1 cm³/mol. The molecule has 0 unspecified atom stereocenters. The van der Waals surface area contributed by atoms with Gasteiger partial charge in [-0.1, -0.05) is 35.3 Å². The Morgan fingerprint density at radius 1 is 1.33 bits per heavy atom. The van der Waals surface area contributed by atoms with Gasteiger partial charge in [-0.15, -0.1) is 11.6 Å². The molecule has 3 rings (SSSR count). The predicted octanol–water partition coefficient (Wildman–Crippen LogP) is 4.21. The zero-order chi connectivity index (χ0) is 15.0. The number of aromatic nitrogens is 4. The van der Waals surface area contributed by atoms with Gasteiger partial charge in [-0.25, -0.2) is 9.67 Å². The number of aryl methyl sites for hydroxylation is 2. The summed E-state index contributed by atoms with van der Waals surface area (Å²) in [6.45, 7) is 2.15. The molecule has 0 amide bonds. The van der Waals surface area contributed by atoms with Crippen LogP contribution < -0.4 is 0 Å². The number of fused-ring (bicyclic) bond motifs is 1. The van der Waals surface area contributed by atoms with Crippen LogP contribution in [-0.4, -0.2) is 19.3 Å². The van der Waals surface area contributed by atoms with E-state index in [1.54, 1.807) is 0 Å². The lowest BCUT2D eigenvalue weighted by atomic mass is 10.2. The summed E-state index contributed by atoms with van der Waals surface area (Å²) in [5.41, 5.74) is 4.02. The maximum atomic E-state index is 6.11. The lowest BCUT2D eigenvalue weighted by molar-refractivity contribution is 0.732. The molecule has 0 N–H and O–H groups in total. The first kappa shape index (κ1) is 14.6. The van der Waals surface area contributed by atoms with Gasteiger partial charge in [0.1, 0.15) is 11.3 Å². The Balaban J connectivity index is 2.30. The maximum Gasteiger partial charge on any atom is 0.163 e.